The molecule has 0 saturated carbocycles. The van der Waals surface area contributed by atoms with Crippen LogP contribution in [-0.2, 0) is 24.0 Å². The number of carboxylic acids is 1. The third-order valence-electron chi connectivity index (χ3n) is 6.49. The van der Waals surface area contributed by atoms with Crippen LogP contribution in [0.4, 0.5) is 5.69 Å². The molecule has 0 aliphatic carbocycles. The number of carbonyl (C=O) groups excluding carboxylic acids is 6. The van der Waals surface area contributed by atoms with Gasteiger partial charge in [-0.05, 0) is 49.2 Å². The molecule has 13 heteroatoms. The quantitative estimate of drug-likeness (QED) is 0.325. The Bertz CT molecular complexity index is 1390. The van der Waals surface area contributed by atoms with Crippen LogP contribution in [0.15, 0.2) is 66.9 Å². The average Bonchev–Trinajstić information content (AvgIpc) is 3.09. The molecule has 41 heavy (non-hydrogen) atoms. The van der Waals surface area contributed by atoms with Crippen molar-refractivity contribution < 1.29 is 38.7 Å². The number of benzene rings is 2. The summed E-state index contributed by atoms with van der Waals surface area (Å²) < 4.78 is 0. The van der Waals surface area contributed by atoms with Gasteiger partial charge in [0.2, 0.25) is 11.8 Å². The van der Waals surface area contributed by atoms with E-state index >= 15 is 0 Å². The molecule has 4 rings (SSSR count). The van der Waals surface area contributed by atoms with Crippen molar-refractivity contribution in [1.82, 2.24) is 20.7 Å². The minimum Gasteiger partial charge on any atom is -0.481 e. The van der Waals surface area contributed by atoms with E-state index in [2.05, 4.69) is 16.0 Å². The fourth-order valence-electron chi connectivity index (χ4n) is 4.43. The molecule has 0 radical (unpaired) electrons. The average molecular weight is 562 g/mol. The van der Waals surface area contributed by atoms with Gasteiger partial charge in [0.1, 0.15) is 18.4 Å². The summed E-state index contributed by atoms with van der Waals surface area (Å²) in [4.78, 5) is 86.9. The van der Waals surface area contributed by atoms with E-state index in [4.69, 9.17) is 5.11 Å². The number of fused-ring (bicyclic) bond motifs is 1. The molecular formula is C28H27N5O8. The molecule has 13 nitrogen and oxygen atoms in total. The number of carbonyl (C=O) groups is 7. The molecule has 3 atom stereocenters. The zero-order chi connectivity index (χ0) is 29.5. The smallest absolute Gasteiger partial charge is 0.305 e. The Hall–Kier alpha value is -5.33. The van der Waals surface area contributed by atoms with Crippen molar-refractivity contribution in [3.05, 3.63) is 78.0 Å². The number of amides is 5. The first-order valence-corrected chi connectivity index (χ1v) is 12.7. The lowest BCUT2D eigenvalue weighted by atomic mass is 10.1. The number of aliphatic carboxylic acids is 1. The molecular weight excluding hydrogens is 534 g/mol. The van der Waals surface area contributed by atoms with Gasteiger partial charge in [0.05, 0.1) is 12.5 Å². The first-order chi connectivity index (χ1) is 19.7. The lowest BCUT2D eigenvalue weighted by molar-refractivity contribution is -0.166. The van der Waals surface area contributed by atoms with Gasteiger partial charge in [-0.15, -0.1) is 0 Å². The SMILES string of the molecule is O=C[C@H](CC(=O)O)NC(=O)[C@@H]1CC=CN2C(=O)CC[C@H](NC(=O)c3ccc(NC(=O)c4ccccc4)cc3)C(=O)N12. The summed E-state index contributed by atoms with van der Waals surface area (Å²) in [6.07, 6.45) is 2.35. The summed E-state index contributed by atoms with van der Waals surface area (Å²) in [7, 11) is 0. The van der Waals surface area contributed by atoms with Crippen LogP contribution in [0.1, 0.15) is 46.4 Å². The van der Waals surface area contributed by atoms with Crippen LogP contribution in [0.3, 0.4) is 0 Å². The number of aldehydes is 1. The molecule has 1 saturated heterocycles. The van der Waals surface area contributed by atoms with Gasteiger partial charge in [0.25, 0.3) is 17.7 Å². The Morgan fingerprint density at radius 1 is 0.976 bits per heavy atom. The maximum atomic E-state index is 13.5. The highest BCUT2D eigenvalue weighted by Gasteiger charge is 2.43. The van der Waals surface area contributed by atoms with Crippen LogP contribution in [-0.4, -0.2) is 75.0 Å². The van der Waals surface area contributed by atoms with Crippen molar-refractivity contribution in [2.45, 2.75) is 43.8 Å². The first-order valence-electron chi connectivity index (χ1n) is 12.7. The summed E-state index contributed by atoms with van der Waals surface area (Å²) in [6.45, 7) is 0. The van der Waals surface area contributed by atoms with E-state index in [-0.39, 0.29) is 37.0 Å². The molecule has 2 aromatic rings. The van der Waals surface area contributed by atoms with Gasteiger partial charge in [0, 0.05) is 29.4 Å². The Kier molecular flexibility index (Phi) is 8.87. The zero-order valence-corrected chi connectivity index (χ0v) is 21.7. The Labute approximate surface area is 234 Å². The second kappa shape index (κ2) is 12.7. The highest BCUT2D eigenvalue weighted by Crippen LogP contribution is 2.24. The van der Waals surface area contributed by atoms with Crippen LogP contribution in [0.5, 0.6) is 0 Å². The summed E-state index contributed by atoms with van der Waals surface area (Å²) in [5.41, 5.74) is 1.11. The van der Waals surface area contributed by atoms with E-state index < -0.39 is 54.1 Å². The van der Waals surface area contributed by atoms with Gasteiger partial charge >= 0.3 is 5.97 Å². The number of nitrogens with one attached hydrogen (secondary N) is 3. The molecule has 5 amide bonds. The van der Waals surface area contributed by atoms with Crippen LogP contribution in [0.2, 0.25) is 0 Å². The first kappa shape index (κ1) is 28.7. The molecule has 212 valence electrons. The summed E-state index contributed by atoms with van der Waals surface area (Å²) in [5.74, 6) is -4.26. The van der Waals surface area contributed by atoms with E-state index in [1.54, 1.807) is 30.3 Å². The molecule has 2 aliphatic heterocycles. The number of anilines is 1. The number of rotatable bonds is 9. The van der Waals surface area contributed by atoms with E-state index in [9.17, 15) is 33.6 Å². The van der Waals surface area contributed by atoms with Crippen molar-refractivity contribution in [3.8, 4) is 0 Å². The van der Waals surface area contributed by atoms with Gasteiger partial charge in [-0.25, -0.2) is 10.0 Å². The van der Waals surface area contributed by atoms with Crippen molar-refractivity contribution in [1.29, 1.82) is 0 Å². The largest absolute Gasteiger partial charge is 0.481 e. The summed E-state index contributed by atoms with van der Waals surface area (Å²) in [5, 5.41) is 18.5. The highest BCUT2D eigenvalue weighted by atomic mass is 16.4. The lowest BCUT2D eigenvalue weighted by Gasteiger charge is -2.39. The standard InChI is InChI=1S/C28H27N5O8/c34-16-20(15-24(36)37)30-27(40)22-7-4-14-32-23(35)13-12-21(28(41)33(22)32)31-26(39)18-8-10-19(11-9-18)29-25(38)17-5-2-1-3-6-17/h1-6,8-11,14,16,20-22H,7,12-13,15H2,(H,29,38)(H,30,40)(H,31,39)(H,36,37)/t20-,21-,22-/m0/s1. The van der Waals surface area contributed by atoms with Crippen molar-refractivity contribution >= 4 is 47.5 Å². The molecule has 2 aliphatic rings. The fourth-order valence-corrected chi connectivity index (χ4v) is 4.43. The van der Waals surface area contributed by atoms with Gasteiger partial charge in [-0.1, -0.05) is 24.3 Å². The highest BCUT2D eigenvalue weighted by molar-refractivity contribution is 6.05. The number of nitrogens with zero attached hydrogens (tertiary/aromatic N) is 2. The van der Waals surface area contributed by atoms with Crippen molar-refractivity contribution in [2.75, 3.05) is 5.32 Å². The molecule has 4 N–H and O–H groups in total. The molecule has 0 unspecified atom stereocenters. The Morgan fingerprint density at radius 2 is 1.66 bits per heavy atom. The Balaban J connectivity index is 1.46. The maximum Gasteiger partial charge on any atom is 0.305 e. The van der Waals surface area contributed by atoms with E-state index in [0.717, 1.165) is 10.0 Å². The number of hydrazine groups is 1. The van der Waals surface area contributed by atoms with Crippen molar-refractivity contribution in [2.24, 2.45) is 0 Å². The van der Waals surface area contributed by atoms with Crippen LogP contribution in [0, 0.1) is 0 Å². The van der Waals surface area contributed by atoms with E-state index in [0.29, 0.717) is 11.3 Å². The fraction of sp³-hybridized carbons (Fsp3) is 0.250. The van der Waals surface area contributed by atoms with Gasteiger partial charge < -0.3 is 25.9 Å². The summed E-state index contributed by atoms with van der Waals surface area (Å²) in [6, 6.07) is 10.9. The lowest BCUT2D eigenvalue weighted by Crippen LogP contribution is -2.62. The predicted molar refractivity (Wildman–Crippen MR) is 143 cm³/mol. The predicted octanol–water partition coefficient (Wildman–Crippen LogP) is 0.848. The van der Waals surface area contributed by atoms with Gasteiger partial charge in [-0.3, -0.25) is 28.8 Å². The molecule has 0 aromatic heterocycles. The third kappa shape index (κ3) is 6.82. The Morgan fingerprint density at radius 3 is 2.32 bits per heavy atom. The summed E-state index contributed by atoms with van der Waals surface area (Å²) >= 11 is 0. The molecule has 2 heterocycles. The number of hydrogen-bond acceptors (Lipinski definition) is 7. The minimum absolute atomic E-state index is 0.00314. The van der Waals surface area contributed by atoms with E-state index in [1.807, 2.05) is 0 Å². The maximum absolute atomic E-state index is 13.5. The molecule has 0 spiro atoms. The monoisotopic (exact) mass is 561 g/mol. The number of carboxylic acid groups (broad SMARTS) is 1. The van der Waals surface area contributed by atoms with E-state index in [1.165, 1.54) is 36.5 Å². The molecule has 0 bridgehead atoms. The van der Waals surface area contributed by atoms with Gasteiger partial charge in [-0.2, -0.15) is 0 Å². The minimum atomic E-state index is -1.33. The second-order valence-corrected chi connectivity index (χ2v) is 9.37. The third-order valence-corrected chi connectivity index (χ3v) is 6.49. The second-order valence-electron chi connectivity index (χ2n) is 9.37. The van der Waals surface area contributed by atoms with Crippen LogP contribution in [0.25, 0.3) is 0 Å². The van der Waals surface area contributed by atoms with Crippen LogP contribution >= 0.6 is 0 Å². The van der Waals surface area contributed by atoms with Crippen LogP contribution < -0.4 is 16.0 Å². The molecule has 2 aromatic carbocycles. The topological polar surface area (TPSA) is 182 Å². The normalized spacial score (nSPS) is 18.9. The zero-order valence-electron chi connectivity index (χ0n) is 21.7. The number of hydrogen-bond donors (Lipinski definition) is 4. The van der Waals surface area contributed by atoms with Gasteiger partial charge in [0.15, 0.2) is 0 Å². The molecule has 1 fully saturated rings. The van der Waals surface area contributed by atoms with Crippen molar-refractivity contribution in [3.63, 3.8) is 0 Å².